The molecule has 4 N–H and O–H groups in total. The van der Waals surface area contributed by atoms with Gasteiger partial charge in [-0.3, -0.25) is 5.32 Å². The summed E-state index contributed by atoms with van der Waals surface area (Å²) in [5.74, 6) is 0.372. The van der Waals surface area contributed by atoms with Gasteiger partial charge in [0.1, 0.15) is 0 Å². The van der Waals surface area contributed by atoms with Gasteiger partial charge in [0, 0.05) is 13.2 Å². The summed E-state index contributed by atoms with van der Waals surface area (Å²) in [6, 6.07) is 3.03. The van der Waals surface area contributed by atoms with Crippen LogP contribution >= 0.6 is 0 Å². The standard InChI is InChI=1S/C7H10N4O/c1-9-7(12)11-6-5(8)3-2-4-10-6/h2-4H,8H2,1H3,(H2,9,10,11,12). The van der Waals surface area contributed by atoms with E-state index in [9.17, 15) is 4.79 Å². The Bertz CT molecular complexity index is 286. The number of anilines is 2. The van der Waals surface area contributed by atoms with E-state index in [0.29, 0.717) is 11.5 Å². The van der Waals surface area contributed by atoms with Crippen LogP contribution in [0.2, 0.25) is 0 Å². The Morgan fingerprint density at radius 3 is 3.00 bits per heavy atom. The van der Waals surface area contributed by atoms with E-state index in [0.717, 1.165) is 0 Å². The van der Waals surface area contributed by atoms with E-state index in [1.54, 1.807) is 18.3 Å². The average Bonchev–Trinajstić information content (AvgIpc) is 2.09. The molecule has 0 fully saturated rings. The van der Waals surface area contributed by atoms with Gasteiger partial charge in [-0.25, -0.2) is 9.78 Å². The fourth-order valence-electron chi connectivity index (χ4n) is 0.692. The molecular weight excluding hydrogens is 156 g/mol. The predicted octanol–water partition coefficient (Wildman–Crippen LogP) is 0.415. The van der Waals surface area contributed by atoms with Crippen LogP contribution in [0.3, 0.4) is 0 Å². The smallest absolute Gasteiger partial charge is 0.320 e. The lowest BCUT2D eigenvalue weighted by atomic mass is 10.4. The van der Waals surface area contributed by atoms with Gasteiger partial charge in [-0.1, -0.05) is 0 Å². The molecule has 1 aromatic rings. The van der Waals surface area contributed by atoms with E-state index in [2.05, 4.69) is 15.6 Å². The van der Waals surface area contributed by atoms with Crippen molar-refractivity contribution in [3.63, 3.8) is 0 Å². The fraction of sp³-hybridized carbons (Fsp3) is 0.143. The molecule has 1 heterocycles. The summed E-state index contributed by atoms with van der Waals surface area (Å²) in [6.07, 6.45) is 1.56. The molecule has 0 bridgehead atoms. The second kappa shape index (κ2) is 3.56. The number of nitrogens with one attached hydrogen (secondary N) is 2. The molecule has 0 aliphatic carbocycles. The Kier molecular flexibility index (Phi) is 2.47. The number of aromatic nitrogens is 1. The molecule has 5 heteroatoms. The number of amides is 2. The van der Waals surface area contributed by atoms with Gasteiger partial charge in [0.2, 0.25) is 0 Å². The van der Waals surface area contributed by atoms with Crippen LogP contribution in [-0.4, -0.2) is 18.1 Å². The number of urea groups is 1. The van der Waals surface area contributed by atoms with Gasteiger partial charge in [0.05, 0.1) is 5.69 Å². The maximum atomic E-state index is 10.8. The van der Waals surface area contributed by atoms with Gasteiger partial charge in [-0.05, 0) is 12.1 Å². The number of carbonyl (C=O) groups is 1. The molecule has 5 nitrogen and oxygen atoms in total. The minimum absolute atomic E-state index is 0.333. The molecule has 2 amide bonds. The highest BCUT2D eigenvalue weighted by Gasteiger charge is 2.01. The first-order valence-corrected chi connectivity index (χ1v) is 3.43. The van der Waals surface area contributed by atoms with Crippen LogP contribution in [0.1, 0.15) is 0 Å². The zero-order chi connectivity index (χ0) is 8.97. The Balaban J connectivity index is 2.75. The molecule has 1 aromatic heterocycles. The third-order valence-electron chi connectivity index (χ3n) is 1.30. The molecule has 0 spiro atoms. The van der Waals surface area contributed by atoms with Crippen molar-refractivity contribution in [3.8, 4) is 0 Å². The number of hydrogen-bond donors (Lipinski definition) is 3. The Morgan fingerprint density at radius 2 is 2.42 bits per heavy atom. The Hall–Kier alpha value is -1.78. The number of nitrogens with two attached hydrogens (primary N) is 1. The largest absolute Gasteiger partial charge is 0.396 e. The normalized spacial score (nSPS) is 9.08. The molecule has 0 aliphatic heterocycles. The summed E-state index contributed by atoms with van der Waals surface area (Å²) < 4.78 is 0. The van der Waals surface area contributed by atoms with Crippen molar-refractivity contribution in [2.75, 3.05) is 18.1 Å². The van der Waals surface area contributed by atoms with Gasteiger partial charge in [0.25, 0.3) is 0 Å². The van der Waals surface area contributed by atoms with Gasteiger partial charge in [-0.15, -0.1) is 0 Å². The summed E-state index contributed by atoms with van der Waals surface area (Å²) >= 11 is 0. The monoisotopic (exact) mass is 166 g/mol. The quantitative estimate of drug-likeness (QED) is 0.565. The van der Waals surface area contributed by atoms with Crippen molar-refractivity contribution in [1.82, 2.24) is 10.3 Å². The highest BCUT2D eigenvalue weighted by Crippen LogP contribution is 2.11. The zero-order valence-electron chi connectivity index (χ0n) is 6.66. The topological polar surface area (TPSA) is 80.0 Å². The van der Waals surface area contributed by atoms with Crippen molar-refractivity contribution in [3.05, 3.63) is 18.3 Å². The molecule has 0 saturated heterocycles. The summed E-state index contributed by atoms with van der Waals surface area (Å²) in [5, 5.41) is 4.87. The van der Waals surface area contributed by atoms with Crippen LogP contribution in [0.15, 0.2) is 18.3 Å². The molecule has 0 saturated carbocycles. The highest BCUT2D eigenvalue weighted by molar-refractivity contribution is 5.90. The third kappa shape index (κ3) is 1.85. The first-order chi connectivity index (χ1) is 5.74. The van der Waals surface area contributed by atoms with Crippen LogP contribution in [0.4, 0.5) is 16.3 Å². The molecule has 0 aromatic carbocycles. The first-order valence-electron chi connectivity index (χ1n) is 3.43. The minimum atomic E-state index is -0.333. The Labute approximate surface area is 70.0 Å². The Morgan fingerprint density at radius 1 is 1.67 bits per heavy atom. The van der Waals surface area contributed by atoms with Crippen LogP contribution < -0.4 is 16.4 Å². The molecular formula is C7H10N4O. The van der Waals surface area contributed by atoms with Gasteiger partial charge in [-0.2, -0.15) is 0 Å². The second-order valence-electron chi connectivity index (χ2n) is 2.15. The van der Waals surface area contributed by atoms with Crippen LogP contribution in [0.25, 0.3) is 0 Å². The van der Waals surface area contributed by atoms with E-state index in [1.807, 2.05) is 0 Å². The summed E-state index contributed by atoms with van der Waals surface area (Å²) in [7, 11) is 1.52. The number of pyridine rings is 1. The van der Waals surface area contributed by atoms with Crippen molar-refractivity contribution in [2.24, 2.45) is 0 Å². The van der Waals surface area contributed by atoms with Crippen LogP contribution in [0, 0.1) is 0 Å². The van der Waals surface area contributed by atoms with Crippen LogP contribution in [0.5, 0.6) is 0 Å². The number of nitrogen functional groups attached to an aromatic ring is 1. The molecule has 12 heavy (non-hydrogen) atoms. The molecule has 0 unspecified atom stereocenters. The maximum absolute atomic E-state index is 10.8. The second-order valence-corrected chi connectivity index (χ2v) is 2.15. The minimum Gasteiger partial charge on any atom is -0.396 e. The lowest BCUT2D eigenvalue weighted by molar-refractivity contribution is 0.254. The van der Waals surface area contributed by atoms with E-state index in [-0.39, 0.29) is 6.03 Å². The molecule has 0 aliphatic rings. The molecule has 1 rings (SSSR count). The zero-order valence-corrected chi connectivity index (χ0v) is 6.66. The fourth-order valence-corrected chi connectivity index (χ4v) is 0.692. The summed E-state index contributed by atoms with van der Waals surface area (Å²) in [5.41, 5.74) is 5.96. The van der Waals surface area contributed by atoms with E-state index >= 15 is 0 Å². The molecule has 64 valence electrons. The number of hydrogen-bond acceptors (Lipinski definition) is 3. The van der Waals surface area contributed by atoms with Gasteiger partial charge >= 0.3 is 6.03 Å². The summed E-state index contributed by atoms with van der Waals surface area (Å²) in [6.45, 7) is 0. The number of rotatable bonds is 1. The predicted molar refractivity (Wildman–Crippen MR) is 46.7 cm³/mol. The first kappa shape index (κ1) is 8.32. The number of nitrogens with zero attached hydrogens (tertiary/aromatic N) is 1. The van der Waals surface area contributed by atoms with Crippen LogP contribution in [-0.2, 0) is 0 Å². The van der Waals surface area contributed by atoms with E-state index < -0.39 is 0 Å². The molecule has 0 atom stereocenters. The highest BCUT2D eigenvalue weighted by atomic mass is 16.2. The molecule has 0 radical (unpaired) electrons. The maximum Gasteiger partial charge on any atom is 0.320 e. The van der Waals surface area contributed by atoms with E-state index in [1.165, 1.54) is 7.05 Å². The van der Waals surface area contributed by atoms with Gasteiger partial charge in [0.15, 0.2) is 5.82 Å². The van der Waals surface area contributed by atoms with Crippen molar-refractivity contribution >= 4 is 17.5 Å². The third-order valence-corrected chi connectivity index (χ3v) is 1.30. The average molecular weight is 166 g/mol. The lowest BCUT2D eigenvalue weighted by Crippen LogP contribution is -2.25. The van der Waals surface area contributed by atoms with Gasteiger partial charge < -0.3 is 11.1 Å². The van der Waals surface area contributed by atoms with Crippen molar-refractivity contribution in [2.45, 2.75) is 0 Å². The summed E-state index contributed by atoms with van der Waals surface area (Å²) in [4.78, 5) is 14.7. The van der Waals surface area contributed by atoms with Crippen molar-refractivity contribution in [1.29, 1.82) is 0 Å². The number of carbonyl (C=O) groups excluding carboxylic acids is 1. The van der Waals surface area contributed by atoms with Crippen molar-refractivity contribution < 1.29 is 4.79 Å². The van der Waals surface area contributed by atoms with E-state index in [4.69, 9.17) is 5.73 Å². The SMILES string of the molecule is CNC(=O)Nc1ncccc1N. The lowest BCUT2D eigenvalue weighted by Gasteiger charge is -2.04.